The van der Waals surface area contributed by atoms with Gasteiger partial charge in [0.2, 0.25) is 15.9 Å². The first kappa shape index (κ1) is 24.0. The molecule has 0 saturated carbocycles. The first-order valence-electron chi connectivity index (χ1n) is 10.8. The number of nitrogens with one attached hydrogen (secondary N) is 2. The van der Waals surface area contributed by atoms with Crippen molar-refractivity contribution >= 4 is 27.6 Å². The third-order valence-electron chi connectivity index (χ3n) is 5.86. The number of nitrogens with zero attached hydrogens (tertiary/aromatic N) is 1. The molecule has 2 N–H and O–H groups in total. The fraction of sp³-hybridized carbons (Fsp3) is 0.478. The fourth-order valence-corrected chi connectivity index (χ4v) is 6.09. The average molecular weight is 462 g/mol. The lowest BCUT2D eigenvalue weighted by Crippen LogP contribution is -2.42. The van der Waals surface area contributed by atoms with E-state index in [2.05, 4.69) is 10.3 Å². The minimum absolute atomic E-state index is 0.0355. The molecule has 0 bridgehead atoms. The second-order valence-corrected chi connectivity index (χ2v) is 10.2. The van der Waals surface area contributed by atoms with Crippen molar-refractivity contribution in [2.45, 2.75) is 52.4 Å². The average Bonchev–Trinajstić information content (AvgIpc) is 3.04. The van der Waals surface area contributed by atoms with E-state index in [9.17, 15) is 18.0 Å². The molecule has 8 nitrogen and oxygen atoms in total. The van der Waals surface area contributed by atoms with Crippen molar-refractivity contribution in [2.24, 2.45) is 5.92 Å². The number of benzene rings is 1. The predicted octanol–water partition coefficient (Wildman–Crippen LogP) is 3.46. The molecule has 9 heteroatoms. The third-order valence-corrected chi connectivity index (χ3v) is 7.93. The van der Waals surface area contributed by atoms with E-state index in [4.69, 9.17) is 4.74 Å². The number of amides is 1. The molecule has 1 fully saturated rings. The lowest BCUT2D eigenvalue weighted by atomic mass is 9.97. The summed E-state index contributed by atoms with van der Waals surface area (Å²) in [4.78, 5) is 28.1. The van der Waals surface area contributed by atoms with Crippen LogP contribution in [0, 0.1) is 33.6 Å². The summed E-state index contributed by atoms with van der Waals surface area (Å²) < 4.78 is 33.2. The zero-order valence-electron chi connectivity index (χ0n) is 19.2. The van der Waals surface area contributed by atoms with Crippen LogP contribution in [-0.4, -0.2) is 49.3 Å². The normalized spacial score (nSPS) is 15.5. The third kappa shape index (κ3) is 4.73. The monoisotopic (exact) mass is 461 g/mol. The number of sulfonamides is 1. The second kappa shape index (κ2) is 9.46. The van der Waals surface area contributed by atoms with Gasteiger partial charge in [0.15, 0.2) is 0 Å². The Bertz CT molecular complexity index is 1130. The molecule has 3 rings (SSSR count). The van der Waals surface area contributed by atoms with Crippen molar-refractivity contribution in [2.75, 3.05) is 25.0 Å². The van der Waals surface area contributed by atoms with Crippen LogP contribution in [-0.2, 0) is 19.6 Å². The quantitative estimate of drug-likeness (QED) is 0.641. The molecular formula is C23H31N3O5S. The van der Waals surface area contributed by atoms with Gasteiger partial charge in [0.1, 0.15) is 10.5 Å². The van der Waals surface area contributed by atoms with Gasteiger partial charge in [0.25, 0.3) is 0 Å². The van der Waals surface area contributed by atoms with E-state index in [1.54, 1.807) is 20.8 Å². The maximum atomic E-state index is 13.4. The van der Waals surface area contributed by atoms with Gasteiger partial charge in [-0.3, -0.25) is 4.79 Å². The van der Waals surface area contributed by atoms with Gasteiger partial charge >= 0.3 is 5.97 Å². The molecule has 2 aromatic rings. The molecule has 1 saturated heterocycles. The molecule has 0 aliphatic carbocycles. The Morgan fingerprint density at radius 1 is 1.12 bits per heavy atom. The smallest absolute Gasteiger partial charge is 0.341 e. The molecule has 1 amide bonds. The van der Waals surface area contributed by atoms with Gasteiger partial charge in [0, 0.05) is 36.1 Å². The lowest BCUT2D eigenvalue weighted by Gasteiger charge is -2.31. The summed E-state index contributed by atoms with van der Waals surface area (Å²) >= 11 is 0. The molecule has 0 unspecified atom stereocenters. The van der Waals surface area contributed by atoms with E-state index >= 15 is 0 Å². The summed E-state index contributed by atoms with van der Waals surface area (Å²) in [5, 5.41) is 2.97. The number of aromatic amines is 1. The van der Waals surface area contributed by atoms with E-state index in [-0.39, 0.29) is 42.0 Å². The summed E-state index contributed by atoms with van der Waals surface area (Å²) in [5.74, 6) is -1.04. The molecule has 0 radical (unpaired) electrons. The first-order chi connectivity index (χ1) is 15.1. The molecule has 0 spiro atoms. The van der Waals surface area contributed by atoms with Crippen LogP contribution in [0.4, 0.5) is 5.69 Å². The van der Waals surface area contributed by atoms with Gasteiger partial charge in [-0.2, -0.15) is 4.31 Å². The van der Waals surface area contributed by atoms with Crippen molar-refractivity contribution in [1.82, 2.24) is 9.29 Å². The number of aromatic nitrogens is 1. The van der Waals surface area contributed by atoms with Crippen molar-refractivity contribution in [3.05, 3.63) is 46.3 Å². The number of piperidine rings is 1. The molecule has 2 heterocycles. The summed E-state index contributed by atoms with van der Waals surface area (Å²) in [6.07, 6.45) is 0.820. The number of H-pyrrole nitrogens is 1. The van der Waals surface area contributed by atoms with Crippen molar-refractivity contribution in [3.63, 3.8) is 0 Å². The number of carbonyl (C=O) groups excluding carboxylic acids is 2. The Kier molecular flexibility index (Phi) is 7.09. The maximum Gasteiger partial charge on any atom is 0.341 e. The van der Waals surface area contributed by atoms with Crippen molar-refractivity contribution < 1.29 is 22.7 Å². The predicted molar refractivity (Wildman–Crippen MR) is 122 cm³/mol. The molecule has 1 aliphatic heterocycles. The van der Waals surface area contributed by atoms with Crippen LogP contribution in [0.3, 0.4) is 0 Å². The summed E-state index contributed by atoms with van der Waals surface area (Å²) in [7, 11) is -3.92. The Hall–Kier alpha value is -2.65. The number of anilines is 1. The van der Waals surface area contributed by atoms with Crippen LogP contribution in [0.1, 0.15) is 52.6 Å². The Morgan fingerprint density at radius 3 is 2.38 bits per heavy atom. The topological polar surface area (TPSA) is 109 Å². The minimum Gasteiger partial charge on any atom is -0.462 e. The van der Waals surface area contributed by atoms with Gasteiger partial charge in [0.05, 0.1) is 6.61 Å². The number of carbonyl (C=O) groups is 2. The van der Waals surface area contributed by atoms with E-state index < -0.39 is 16.0 Å². The van der Waals surface area contributed by atoms with Crippen molar-refractivity contribution in [3.8, 4) is 0 Å². The first-order valence-corrected chi connectivity index (χ1v) is 12.2. The van der Waals surface area contributed by atoms with Gasteiger partial charge in [-0.25, -0.2) is 13.2 Å². The van der Waals surface area contributed by atoms with Crippen LogP contribution in [0.2, 0.25) is 0 Å². The number of hydrogen-bond donors (Lipinski definition) is 2. The molecular weight excluding hydrogens is 430 g/mol. The molecule has 174 valence electrons. The lowest BCUT2D eigenvalue weighted by molar-refractivity contribution is -0.120. The van der Waals surface area contributed by atoms with Crippen LogP contribution >= 0.6 is 0 Å². The van der Waals surface area contributed by atoms with Crippen LogP contribution < -0.4 is 5.32 Å². The Balaban J connectivity index is 1.73. The second-order valence-electron chi connectivity index (χ2n) is 8.29. The Labute approximate surface area is 189 Å². The fourth-order valence-electron chi connectivity index (χ4n) is 4.21. The number of aryl methyl sites for hydroxylation is 4. The molecule has 0 atom stereocenters. The highest BCUT2D eigenvalue weighted by molar-refractivity contribution is 7.89. The molecule has 1 aromatic heterocycles. The van der Waals surface area contributed by atoms with Gasteiger partial charge < -0.3 is 15.0 Å². The highest BCUT2D eigenvalue weighted by atomic mass is 32.2. The van der Waals surface area contributed by atoms with Gasteiger partial charge in [-0.15, -0.1) is 0 Å². The van der Waals surface area contributed by atoms with Crippen LogP contribution in [0.15, 0.2) is 23.1 Å². The number of hydrogen-bond acceptors (Lipinski definition) is 5. The van der Waals surface area contributed by atoms with Crippen LogP contribution in [0.5, 0.6) is 0 Å². The maximum absolute atomic E-state index is 13.4. The highest BCUT2D eigenvalue weighted by Gasteiger charge is 2.37. The zero-order valence-corrected chi connectivity index (χ0v) is 20.1. The van der Waals surface area contributed by atoms with E-state index in [0.29, 0.717) is 24.2 Å². The largest absolute Gasteiger partial charge is 0.462 e. The summed E-state index contributed by atoms with van der Waals surface area (Å²) in [6, 6.07) is 5.84. The zero-order chi connectivity index (χ0) is 23.6. The van der Waals surface area contributed by atoms with E-state index in [1.807, 2.05) is 32.0 Å². The minimum atomic E-state index is -3.92. The SMILES string of the molecule is CCOC(=O)c1c(C)[nH]c(C)c1S(=O)(=O)N1CCC(C(=O)Nc2ccc(C)cc2C)CC1. The van der Waals surface area contributed by atoms with E-state index in [0.717, 1.165) is 16.8 Å². The van der Waals surface area contributed by atoms with Gasteiger partial charge in [-0.05, 0) is 59.1 Å². The van der Waals surface area contributed by atoms with E-state index in [1.165, 1.54) is 4.31 Å². The molecule has 1 aliphatic rings. The number of esters is 1. The van der Waals surface area contributed by atoms with Gasteiger partial charge in [-0.1, -0.05) is 17.7 Å². The standard InChI is InChI=1S/C23H31N3O5S/c1-6-31-23(28)20-16(4)24-17(5)21(20)32(29,30)26-11-9-18(10-12-26)22(27)25-19-8-7-14(2)13-15(19)3/h7-8,13,18,24H,6,9-12H2,1-5H3,(H,25,27). The highest BCUT2D eigenvalue weighted by Crippen LogP contribution is 2.31. The molecule has 32 heavy (non-hydrogen) atoms. The van der Waals surface area contributed by atoms with Crippen molar-refractivity contribution in [1.29, 1.82) is 0 Å². The number of ether oxygens (including phenoxy) is 1. The summed E-state index contributed by atoms with van der Waals surface area (Å²) in [6.45, 7) is 9.47. The number of rotatable bonds is 6. The van der Waals surface area contributed by atoms with Crippen LogP contribution in [0.25, 0.3) is 0 Å². The summed E-state index contributed by atoms with van der Waals surface area (Å²) in [5.41, 5.74) is 3.80. The Morgan fingerprint density at radius 2 is 1.78 bits per heavy atom. The molecule has 1 aromatic carbocycles.